The van der Waals surface area contributed by atoms with Crippen molar-refractivity contribution in [2.75, 3.05) is 24.7 Å². The van der Waals surface area contributed by atoms with Gasteiger partial charge in [-0.05, 0) is 81.4 Å². The first-order valence-electron chi connectivity index (χ1n) is 16.1. The normalized spacial score (nSPS) is 27.6. The van der Waals surface area contributed by atoms with Crippen LogP contribution in [-0.4, -0.2) is 70.3 Å². The Morgan fingerprint density at radius 1 is 1.16 bits per heavy atom. The number of ether oxygens (including phenoxy) is 1. The van der Waals surface area contributed by atoms with E-state index in [4.69, 9.17) is 9.84 Å². The van der Waals surface area contributed by atoms with Crippen LogP contribution in [0, 0.1) is 35.9 Å². The summed E-state index contributed by atoms with van der Waals surface area (Å²) in [5, 5.41) is 17.9. The molecular weight excluding hydrogens is 690 g/mol. The number of alkyl halides is 1. The zero-order valence-electron chi connectivity index (χ0n) is 25.6. The number of hydrogen-bond acceptors (Lipinski definition) is 6. The molecule has 4 fully saturated rings. The van der Waals surface area contributed by atoms with Crippen molar-refractivity contribution in [1.82, 2.24) is 20.0 Å². The molecule has 5 atom stereocenters. The fraction of sp³-hybridized carbons (Fsp3) is 0.606. The molecule has 0 bridgehead atoms. The molecule has 238 valence electrons. The van der Waals surface area contributed by atoms with Gasteiger partial charge in [-0.1, -0.05) is 28.7 Å². The highest BCUT2D eigenvalue weighted by atomic mass is 127. The molecule has 45 heavy (non-hydrogen) atoms. The number of rotatable bonds is 8. The van der Waals surface area contributed by atoms with E-state index in [9.17, 15) is 24.0 Å². The summed E-state index contributed by atoms with van der Waals surface area (Å²) in [6, 6.07) is 4.02. The van der Waals surface area contributed by atoms with E-state index in [1.165, 1.54) is 6.07 Å². The number of benzene rings is 1. The van der Waals surface area contributed by atoms with Crippen molar-refractivity contribution in [2.24, 2.45) is 11.8 Å². The number of nitriles is 1. The number of hydrogen-bond donors (Lipinski definition) is 1. The van der Waals surface area contributed by atoms with Crippen LogP contribution < -0.4 is 10.2 Å². The Morgan fingerprint density at radius 2 is 1.91 bits per heavy atom. The number of likely N-dealkylation sites (tertiary alicyclic amines) is 1. The van der Waals surface area contributed by atoms with Crippen molar-refractivity contribution in [3.8, 4) is 6.07 Å². The molecule has 2 aromatic rings. The van der Waals surface area contributed by atoms with E-state index in [2.05, 4.69) is 34.0 Å². The average molecular weight is 729 g/mol. The Morgan fingerprint density at radius 3 is 2.58 bits per heavy atom. The van der Waals surface area contributed by atoms with E-state index in [-0.39, 0.29) is 36.2 Å². The van der Waals surface area contributed by atoms with Gasteiger partial charge in [-0.3, -0.25) is 19.3 Å². The number of nitrogens with one attached hydrogen (secondary N) is 1. The first kappa shape index (κ1) is 30.6. The van der Waals surface area contributed by atoms with Gasteiger partial charge in [0.2, 0.25) is 5.91 Å². The number of carbonyl (C=O) groups excluding carboxylic acids is 3. The van der Waals surface area contributed by atoms with Crippen LogP contribution in [0.15, 0.2) is 12.1 Å². The number of aromatic nitrogens is 2. The Balaban J connectivity index is 1.30. The second-order valence-electron chi connectivity index (χ2n) is 13.2. The van der Waals surface area contributed by atoms with Crippen LogP contribution in [0.3, 0.4) is 0 Å². The second-order valence-corrected chi connectivity index (χ2v) is 13.9. The van der Waals surface area contributed by atoms with E-state index in [0.717, 1.165) is 30.4 Å². The lowest BCUT2D eigenvalue weighted by Gasteiger charge is -2.39. The number of halogens is 2. The summed E-state index contributed by atoms with van der Waals surface area (Å²) in [6.07, 6.45) is 4.54. The topological polar surface area (TPSA) is 121 Å². The standard InChI is InChI=1S/C33H38FIN6O4/c1-3-39-31-28(30(38-41(31)20-8-10-45-11-9-20)33(44)40-21(16-36)12-19-13-25(19)40)27(18-5-6-18)29(32(39)43)37-26(42)14-22-23(15-35)17(2)4-7-24(22)34/h4,7,18-21,25,27,29H,3,5-6,8-15H2,1-2H3,(H,37,42)/t19-,21-,25+,27-,29-/m0/s1. The molecular formula is C33H38FIN6O4. The largest absolute Gasteiger partial charge is 0.381 e. The summed E-state index contributed by atoms with van der Waals surface area (Å²) in [7, 11) is 0. The van der Waals surface area contributed by atoms with Crippen LogP contribution in [-0.2, 0) is 25.2 Å². The molecule has 2 saturated heterocycles. The van der Waals surface area contributed by atoms with Crippen LogP contribution in [0.2, 0.25) is 0 Å². The monoisotopic (exact) mass is 728 g/mol. The van der Waals surface area contributed by atoms with E-state index in [1.54, 1.807) is 15.9 Å². The highest BCUT2D eigenvalue weighted by Gasteiger charge is 2.57. The smallest absolute Gasteiger partial charge is 0.276 e. The van der Waals surface area contributed by atoms with Crippen LogP contribution in [0.5, 0.6) is 0 Å². The fourth-order valence-corrected chi connectivity index (χ4v) is 8.96. The lowest BCUT2D eigenvalue weighted by molar-refractivity contribution is -0.128. The number of amides is 3. The van der Waals surface area contributed by atoms with Gasteiger partial charge in [0.15, 0.2) is 5.69 Å². The van der Waals surface area contributed by atoms with E-state index in [0.29, 0.717) is 72.0 Å². The molecule has 2 aliphatic carbocycles. The van der Waals surface area contributed by atoms with Crippen LogP contribution >= 0.6 is 22.6 Å². The van der Waals surface area contributed by atoms with E-state index >= 15 is 0 Å². The second kappa shape index (κ2) is 12.0. The molecule has 4 heterocycles. The molecule has 1 aromatic carbocycles. The van der Waals surface area contributed by atoms with Crippen LogP contribution in [0.1, 0.15) is 90.2 Å². The molecule has 1 N–H and O–H groups in total. The number of anilines is 1. The van der Waals surface area contributed by atoms with Crippen molar-refractivity contribution in [3.63, 3.8) is 0 Å². The summed E-state index contributed by atoms with van der Waals surface area (Å²) in [4.78, 5) is 45.8. The molecule has 1 aromatic heterocycles. The number of piperidine rings is 1. The summed E-state index contributed by atoms with van der Waals surface area (Å²) >= 11 is 2.18. The highest BCUT2D eigenvalue weighted by molar-refractivity contribution is 14.1. The Labute approximate surface area is 275 Å². The molecule has 0 unspecified atom stereocenters. The van der Waals surface area contributed by atoms with Gasteiger partial charge in [-0.15, -0.1) is 0 Å². The van der Waals surface area contributed by atoms with Crippen LogP contribution in [0.4, 0.5) is 10.2 Å². The third-order valence-electron chi connectivity index (χ3n) is 10.5. The summed E-state index contributed by atoms with van der Waals surface area (Å²) in [5.41, 5.74) is 3.05. The van der Waals surface area contributed by atoms with Crippen molar-refractivity contribution in [1.29, 1.82) is 5.26 Å². The van der Waals surface area contributed by atoms with Crippen molar-refractivity contribution in [3.05, 3.63) is 45.9 Å². The maximum atomic E-state index is 15.0. The quantitative estimate of drug-likeness (QED) is 0.320. The van der Waals surface area contributed by atoms with Gasteiger partial charge in [0.25, 0.3) is 11.8 Å². The van der Waals surface area contributed by atoms with Gasteiger partial charge >= 0.3 is 0 Å². The van der Waals surface area contributed by atoms with Crippen molar-refractivity contribution >= 4 is 46.1 Å². The number of aryl methyl sites for hydroxylation is 1. The van der Waals surface area contributed by atoms with Gasteiger partial charge in [0, 0.05) is 47.3 Å². The average Bonchev–Trinajstić information content (AvgIpc) is 3.96. The third kappa shape index (κ3) is 5.23. The predicted molar refractivity (Wildman–Crippen MR) is 171 cm³/mol. The Bertz CT molecular complexity index is 1590. The Hall–Kier alpha value is -3.05. The number of carbonyl (C=O) groups is 3. The Kier molecular flexibility index (Phi) is 8.13. The number of fused-ring (bicyclic) bond motifs is 2. The first-order valence-corrected chi connectivity index (χ1v) is 17.7. The zero-order valence-corrected chi connectivity index (χ0v) is 27.8. The molecule has 12 heteroatoms. The number of likely N-dealkylation sites (N-methyl/N-ethyl adjacent to an activating group) is 1. The third-order valence-corrected chi connectivity index (χ3v) is 11.2. The SMILES string of the molecule is CCN1C(=O)[C@@H](NC(=O)Cc2c(F)ccc(C)c2CI)[C@@H](C2CC2)c2c(C(=O)N3[C@H](C#N)C[C@H]4C[C@H]43)nn(C3CCOCC3)c21. The lowest BCUT2D eigenvalue weighted by atomic mass is 9.82. The van der Waals surface area contributed by atoms with Crippen molar-refractivity contribution < 1.29 is 23.5 Å². The van der Waals surface area contributed by atoms with E-state index < -0.39 is 29.7 Å². The molecule has 5 aliphatic rings. The van der Waals surface area contributed by atoms with Gasteiger partial charge < -0.3 is 15.0 Å². The molecule has 7 rings (SSSR count). The molecule has 0 spiro atoms. The summed E-state index contributed by atoms with van der Waals surface area (Å²) < 4.78 is 23.0. The van der Waals surface area contributed by atoms with E-state index in [1.807, 2.05) is 18.5 Å². The zero-order chi connectivity index (χ0) is 31.6. The fourth-order valence-electron chi connectivity index (χ4n) is 7.90. The van der Waals surface area contributed by atoms with Crippen LogP contribution in [0.25, 0.3) is 0 Å². The molecule has 3 amide bonds. The maximum absolute atomic E-state index is 15.0. The summed E-state index contributed by atoms with van der Waals surface area (Å²) in [6.45, 7) is 5.25. The minimum Gasteiger partial charge on any atom is -0.381 e. The van der Waals surface area contributed by atoms with Crippen molar-refractivity contribution in [2.45, 2.75) is 93.3 Å². The van der Waals surface area contributed by atoms with Gasteiger partial charge in [0.05, 0.1) is 18.5 Å². The molecule has 0 radical (unpaired) electrons. The lowest BCUT2D eigenvalue weighted by Crippen LogP contribution is -2.56. The van der Waals surface area contributed by atoms with Gasteiger partial charge in [0.1, 0.15) is 23.7 Å². The maximum Gasteiger partial charge on any atom is 0.276 e. The minimum absolute atomic E-state index is 0.0445. The highest BCUT2D eigenvalue weighted by Crippen LogP contribution is 2.53. The molecule has 2 saturated carbocycles. The number of nitrogens with zero attached hydrogens (tertiary/aromatic N) is 5. The molecule has 3 aliphatic heterocycles. The summed E-state index contributed by atoms with van der Waals surface area (Å²) in [5.74, 6) is -0.729. The molecule has 10 nitrogen and oxygen atoms in total. The van der Waals surface area contributed by atoms with Gasteiger partial charge in [-0.2, -0.15) is 10.4 Å². The minimum atomic E-state index is -0.911. The first-order chi connectivity index (χ1) is 21.8. The van der Waals surface area contributed by atoms with Gasteiger partial charge in [-0.25, -0.2) is 9.07 Å². The predicted octanol–water partition coefficient (Wildman–Crippen LogP) is 4.33.